The Balaban J connectivity index is 1.45. The van der Waals surface area contributed by atoms with Gasteiger partial charge in [-0.3, -0.25) is 9.59 Å². The third kappa shape index (κ3) is 6.56. The van der Waals surface area contributed by atoms with Crippen LogP contribution >= 0.6 is 0 Å². The fourth-order valence-corrected chi connectivity index (χ4v) is 2.51. The molecule has 3 aromatic carbocycles. The minimum Gasteiger partial charge on any atom is -0.423 e. The van der Waals surface area contributed by atoms with Crippen LogP contribution in [0.4, 0.5) is 8.78 Å². The van der Waals surface area contributed by atoms with Crippen LogP contribution in [0.5, 0.6) is 5.75 Å². The van der Waals surface area contributed by atoms with E-state index in [0.29, 0.717) is 5.56 Å². The molecule has 7 nitrogen and oxygen atoms in total. The van der Waals surface area contributed by atoms with E-state index < -0.39 is 29.4 Å². The average Bonchev–Trinajstić information content (AvgIpc) is 2.78. The highest BCUT2D eigenvalue weighted by atomic mass is 19.1. The molecule has 0 bridgehead atoms. The van der Waals surface area contributed by atoms with Crippen LogP contribution in [0.25, 0.3) is 0 Å². The van der Waals surface area contributed by atoms with Crippen LogP contribution in [-0.2, 0) is 4.79 Å². The number of halogens is 2. The summed E-state index contributed by atoms with van der Waals surface area (Å²) in [6, 6.07) is 16.4. The molecule has 162 valence electrons. The van der Waals surface area contributed by atoms with Gasteiger partial charge >= 0.3 is 5.97 Å². The molecule has 0 saturated heterocycles. The molecule has 0 aliphatic heterocycles. The number of hydrogen-bond donors (Lipinski definition) is 2. The quantitative estimate of drug-likeness (QED) is 0.257. The maximum Gasteiger partial charge on any atom is 0.343 e. The van der Waals surface area contributed by atoms with Crippen LogP contribution in [-0.4, -0.2) is 30.5 Å². The van der Waals surface area contributed by atoms with Crippen molar-refractivity contribution in [1.29, 1.82) is 0 Å². The zero-order valence-corrected chi connectivity index (χ0v) is 16.5. The van der Waals surface area contributed by atoms with Gasteiger partial charge in [0.2, 0.25) is 0 Å². The molecule has 0 aliphatic rings. The van der Waals surface area contributed by atoms with Crippen LogP contribution in [0, 0.1) is 11.6 Å². The lowest BCUT2D eigenvalue weighted by Crippen LogP contribution is -2.34. The van der Waals surface area contributed by atoms with Gasteiger partial charge in [0.25, 0.3) is 11.8 Å². The summed E-state index contributed by atoms with van der Waals surface area (Å²) >= 11 is 0. The molecule has 0 atom stereocenters. The highest BCUT2D eigenvalue weighted by molar-refractivity contribution is 5.96. The Morgan fingerprint density at radius 1 is 0.875 bits per heavy atom. The van der Waals surface area contributed by atoms with Crippen LogP contribution in [0.3, 0.4) is 0 Å². The van der Waals surface area contributed by atoms with Gasteiger partial charge in [-0.15, -0.1) is 0 Å². The lowest BCUT2D eigenvalue weighted by Gasteiger charge is -2.05. The van der Waals surface area contributed by atoms with Crippen molar-refractivity contribution in [2.75, 3.05) is 6.54 Å². The van der Waals surface area contributed by atoms with E-state index in [1.807, 2.05) is 0 Å². The monoisotopic (exact) mass is 437 g/mol. The summed E-state index contributed by atoms with van der Waals surface area (Å²) in [5, 5.41) is 6.12. The molecule has 0 aliphatic carbocycles. The molecule has 0 saturated carbocycles. The second-order valence-corrected chi connectivity index (χ2v) is 6.46. The van der Waals surface area contributed by atoms with E-state index in [0.717, 1.165) is 12.1 Å². The second kappa shape index (κ2) is 10.6. The topological polar surface area (TPSA) is 96.9 Å². The van der Waals surface area contributed by atoms with E-state index in [4.69, 9.17) is 4.74 Å². The minimum absolute atomic E-state index is 0.0860. The minimum atomic E-state index is -0.696. The molecular formula is C23H17F2N3O4. The zero-order chi connectivity index (χ0) is 22.9. The Morgan fingerprint density at radius 3 is 2.16 bits per heavy atom. The molecule has 0 radical (unpaired) electrons. The third-order valence-corrected chi connectivity index (χ3v) is 4.05. The lowest BCUT2D eigenvalue weighted by molar-refractivity contribution is -0.120. The Bertz CT molecular complexity index is 1160. The lowest BCUT2D eigenvalue weighted by atomic mass is 10.2. The predicted octanol–water partition coefficient (Wildman–Crippen LogP) is 3.06. The van der Waals surface area contributed by atoms with Gasteiger partial charge in [-0.25, -0.2) is 19.0 Å². The normalized spacial score (nSPS) is 10.6. The number of benzene rings is 3. The van der Waals surface area contributed by atoms with E-state index in [9.17, 15) is 23.2 Å². The van der Waals surface area contributed by atoms with Gasteiger partial charge in [0, 0.05) is 5.56 Å². The van der Waals surface area contributed by atoms with Gasteiger partial charge in [0.15, 0.2) is 0 Å². The molecule has 3 rings (SSSR count). The molecule has 32 heavy (non-hydrogen) atoms. The summed E-state index contributed by atoms with van der Waals surface area (Å²) < 4.78 is 31.5. The van der Waals surface area contributed by atoms with Gasteiger partial charge in [0.1, 0.15) is 17.4 Å². The van der Waals surface area contributed by atoms with E-state index in [2.05, 4.69) is 15.8 Å². The maximum atomic E-state index is 13.2. The predicted molar refractivity (Wildman–Crippen MR) is 112 cm³/mol. The first-order valence-electron chi connectivity index (χ1n) is 9.34. The first kappa shape index (κ1) is 22.3. The number of carbonyl (C=O) groups is 3. The van der Waals surface area contributed by atoms with E-state index in [1.165, 1.54) is 54.7 Å². The Kier molecular flexibility index (Phi) is 7.37. The summed E-state index contributed by atoms with van der Waals surface area (Å²) in [6.45, 7) is -0.346. The number of nitrogens with zero attached hydrogens (tertiary/aromatic N) is 1. The molecule has 9 heteroatoms. The summed E-state index contributed by atoms with van der Waals surface area (Å²) in [6.07, 6.45) is 1.35. The van der Waals surface area contributed by atoms with Crippen molar-refractivity contribution in [3.05, 3.63) is 101 Å². The summed E-state index contributed by atoms with van der Waals surface area (Å²) in [4.78, 5) is 35.6. The fourth-order valence-electron chi connectivity index (χ4n) is 2.51. The third-order valence-electron chi connectivity index (χ3n) is 4.05. The largest absolute Gasteiger partial charge is 0.423 e. The Hall–Kier alpha value is -4.40. The molecule has 0 fully saturated rings. The number of ether oxygens (including phenoxy) is 1. The van der Waals surface area contributed by atoms with Gasteiger partial charge in [-0.05, 0) is 66.2 Å². The fraction of sp³-hybridized carbons (Fsp3) is 0.0435. The molecule has 2 amide bonds. The summed E-state index contributed by atoms with van der Waals surface area (Å²) in [5.41, 5.74) is 3.02. The van der Waals surface area contributed by atoms with E-state index in [-0.39, 0.29) is 23.4 Å². The Labute approximate surface area is 181 Å². The first-order valence-corrected chi connectivity index (χ1v) is 9.34. The van der Waals surface area contributed by atoms with Crippen molar-refractivity contribution in [2.45, 2.75) is 0 Å². The van der Waals surface area contributed by atoms with Gasteiger partial charge < -0.3 is 10.1 Å². The van der Waals surface area contributed by atoms with E-state index >= 15 is 0 Å². The number of esters is 1. The first-order chi connectivity index (χ1) is 15.4. The van der Waals surface area contributed by atoms with Crippen molar-refractivity contribution in [2.24, 2.45) is 5.10 Å². The van der Waals surface area contributed by atoms with Crippen LogP contribution in [0.2, 0.25) is 0 Å². The molecule has 3 aromatic rings. The molecule has 0 heterocycles. The number of hydrogen-bond acceptors (Lipinski definition) is 5. The van der Waals surface area contributed by atoms with Crippen molar-refractivity contribution >= 4 is 24.0 Å². The molecule has 0 spiro atoms. The Morgan fingerprint density at radius 2 is 1.50 bits per heavy atom. The van der Waals surface area contributed by atoms with Gasteiger partial charge in [-0.1, -0.05) is 12.1 Å². The van der Waals surface area contributed by atoms with Crippen LogP contribution in [0.1, 0.15) is 26.3 Å². The molecule has 0 unspecified atom stereocenters. The molecule has 2 N–H and O–H groups in total. The van der Waals surface area contributed by atoms with Gasteiger partial charge in [0.05, 0.1) is 18.3 Å². The summed E-state index contributed by atoms with van der Waals surface area (Å²) in [5.74, 6) is -2.71. The number of rotatable bonds is 7. The van der Waals surface area contributed by atoms with E-state index in [1.54, 1.807) is 12.1 Å². The second-order valence-electron chi connectivity index (χ2n) is 6.46. The van der Waals surface area contributed by atoms with Crippen molar-refractivity contribution in [3.8, 4) is 5.75 Å². The average molecular weight is 437 g/mol. The van der Waals surface area contributed by atoms with Crippen molar-refractivity contribution in [3.63, 3.8) is 0 Å². The summed E-state index contributed by atoms with van der Waals surface area (Å²) in [7, 11) is 0. The highest BCUT2D eigenvalue weighted by Crippen LogP contribution is 2.14. The highest BCUT2D eigenvalue weighted by Gasteiger charge is 2.10. The van der Waals surface area contributed by atoms with Crippen molar-refractivity contribution in [1.82, 2.24) is 10.7 Å². The number of nitrogens with one attached hydrogen (secondary N) is 2. The number of hydrazone groups is 1. The van der Waals surface area contributed by atoms with Gasteiger partial charge in [-0.2, -0.15) is 5.10 Å². The van der Waals surface area contributed by atoms with Crippen LogP contribution < -0.4 is 15.5 Å². The standard InChI is InChI=1S/C23H17F2N3O4/c24-18-5-1-3-16(11-18)22(30)26-14-21(29)28-27-13-15-7-9-20(10-8-15)32-23(31)17-4-2-6-19(25)12-17/h1-13H,14H2,(H,26,30)(H,28,29)/b27-13+. The SMILES string of the molecule is O=C(CNC(=O)c1cccc(F)c1)N/N=C/c1ccc(OC(=O)c2cccc(F)c2)cc1. The van der Waals surface area contributed by atoms with Crippen LogP contribution in [0.15, 0.2) is 77.9 Å². The van der Waals surface area contributed by atoms with Crippen molar-refractivity contribution < 1.29 is 27.9 Å². The molecular weight excluding hydrogens is 420 g/mol. The molecule has 0 aromatic heterocycles. The number of carbonyl (C=O) groups excluding carboxylic acids is 3. The smallest absolute Gasteiger partial charge is 0.343 e. The number of amides is 2. The zero-order valence-electron chi connectivity index (χ0n) is 16.5. The maximum absolute atomic E-state index is 13.2.